The second kappa shape index (κ2) is 5.84. The molecule has 0 atom stereocenters. The van der Waals surface area contributed by atoms with Gasteiger partial charge in [0.2, 0.25) is 0 Å². The molecule has 0 spiro atoms. The highest BCUT2D eigenvalue weighted by Gasteiger charge is 2.09. The summed E-state index contributed by atoms with van der Waals surface area (Å²) in [5.74, 6) is -0.0361. The SMILES string of the molecule is Cc1cccc(C)c1NC(=O)Nc1cc(Cl)ccc1O. The number of urea groups is 1. The molecule has 0 heterocycles. The molecular weight excluding hydrogens is 276 g/mol. The number of aromatic hydroxyl groups is 1. The topological polar surface area (TPSA) is 61.4 Å². The third-order valence-corrected chi connectivity index (χ3v) is 3.16. The largest absolute Gasteiger partial charge is 0.506 e. The lowest BCUT2D eigenvalue weighted by atomic mass is 10.1. The Labute approximate surface area is 122 Å². The van der Waals surface area contributed by atoms with Crippen molar-refractivity contribution in [2.75, 3.05) is 10.6 Å². The Hall–Kier alpha value is -2.20. The molecule has 0 saturated carbocycles. The Bertz CT molecular complexity index is 636. The summed E-state index contributed by atoms with van der Waals surface area (Å²) in [6, 6.07) is 9.79. The van der Waals surface area contributed by atoms with E-state index in [0.717, 1.165) is 16.8 Å². The number of rotatable bonds is 2. The lowest BCUT2D eigenvalue weighted by molar-refractivity contribution is 0.262. The van der Waals surface area contributed by atoms with Gasteiger partial charge in [-0.15, -0.1) is 0 Å². The van der Waals surface area contributed by atoms with Crippen molar-refractivity contribution >= 4 is 29.0 Å². The standard InChI is InChI=1S/C15H15ClN2O2/c1-9-4-3-5-10(2)14(9)18-15(20)17-12-8-11(16)6-7-13(12)19/h3-8,19H,1-2H3,(H2,17,18,20). The van der Waals surface area contributed by atoms with Crippen molar-refractivity contribution in [3.63, 3.8) is 0 Å². The summed E-state index contributed by atoms with van der Waals surface area (Å²) in [7, 11) is 0. The molecule has 4 nitrogen and oxygen atoms in total. The summed E-state index contributed by atoms with van der Waals surface area (Å²) >= 11 is 5.83. The van der Waals surface area contributed by atoms with Gasteiger partial charge in [0.25, 0.3) is 0 Å². The van der Waals surface area contributed by atoms with Gasteiger partial charge >= 0.3 is 6.03 Å². The summed E-state index contributed by atoms with van der Waals surface area (Å²) in [4.78, 5) is 12.0. The van der Waals surface area contributed by atoms with Crippen LogP contribution in [0.4, 0.5) is 16.2 Å². The van der Waals surface area contributed by atoms with Gasteiger partial charge in [-0.05, 0) is 43.2 Å². The van der Waals surface area contributed by atoms with Crippen molar-refractivity contribution in [3.05, 3.63) is 52.5 Å². The van der Waals surface area contributed by atoms with E-state index in [-0.39, 0.29) is 11.4 Å². The number of phenolic OH excluding ortho intramolecular Hbond substituents is 1. The van der Waals surface area contributed by atoms with Gasteiger partial charge in [-0.1, -0.05) is 29.8 Å². The van der Waals surface area contributed by atoms with Gasteiger partial charge in [0, 0.05) is 10.7 Å². The van der Waals surface area contributed by atoms with Gasteiger partial charge in [-0.2, -0.15) is 0 Å². The van der Waals surface area contributed by atoms with E-state index in [9.17, 15) is 9.90 Å². The van der Waals surface area contributed by atoms with E-state index in [1.807, 2.05) is 32.0 Å². The molecule has 0 bridgehead atoms. The highest BCUT2D eigenvalue weighted by atomic mass is 35.5. The fourth-order valence-electron chi connectivity index (χ4n) is 1.89. The summed E-state index contributed by atoms with van der Waals surface area (Å²) in [5.41, 5.74) is 2.96. The van der Waals surface area contributed by atoms with Gasteiger partial charge in [-0.25, -0.2) is 4.79 Å². The molecule has 0 aromatic heterocycles. The van der Waals surface area contributed by atoms with Gasteiger partial charge in [-0.3, -0.25) is 0 Å². The Kier molecular flexibility index (Phi) is 4.15. The molecule has 2 rings (SSSR count). The number of halogens is 1. The van der Waals surface area contributed by atoms with Crippen LogP contribution in [0.15, 0.2) is 36.4 Å². The number of carbonyl (C=O) groups is 1. The van der Waals surface area contributed by atoms with Crippen molar-refractivity contribution in [3.8, 4) is 5.75 Å². The molecule has 0 aliphatic carbocycles. The van der Waals surface area contributed by atoms with Crippen LogP contribution in [0.2, 0.25) is 5.02 Å². The van der Waals surface area contributed by atoms with Crippen molar-refractivity contribution in [2.24, 2.45) is 0 Å². The van der Waals surface area contributed by atoms with Gasteiger partial charge in [0.15, 0.2) is 0 Å². The van der Waals surface area contributed by atoms with E-state index in [1.165, 1.54) is 12.1 Å². The van der Waals surface area contributed by atoms with Crippen LogP contribution in [0.25, 0.3) is 0 Å². The zero-order valence-corrected chi connectivity index (χ0v) is 12.0. The summed E-state index contributed by atoms with van der Waals surface area (Å²) in [6.45, 7) is 3.83. The normalized spacial score (nSPS) is 10.2. The van der Waals surface area contributed by atoms with Crippen molar-refractivity contribution in [1.82, 2.24) is 0 Å². The Morgan fingerprint density at radius 2 is 1.75 bits per heavy atom. The monoisotopic (exact) mass is 290 g/mol. The number of phenols is 1. The van der Waals surface area contributed by atoms with Gasteiger partial charge < -0.3 is 15.7 Å². The maximum atomic E-state index is 12.0. The van der Waals surface area contributed by atoms with Gasteiger partial charge in [0.05, 0.1) is 5.69 Å². The number of anilines is 2. The fourth-order valence-corrected chi connectivity index (χ4v) is 2.06. The second-order valence-electron chi connectivity index (χ2n) is 4.51. The number of aryl methyl sites for hydroxylation is 2. The van der Waals surface area contributed by atoms with E-state index < -0.39 is 6.03 Å². The Balaban J connectivity index is 2.15. The Morgan fingerprint density at radius 3 is 2.40 bits per heavy atom. The van der Waals surface area contributed by atoms with Crippen molar-refractivity contribution in [2.45, 2.75) is 13.8 Å². The number of hydrogen-bond acceptors (Lipinski definition) is 2. The summed E-state index contributed by atoms with van der Waals surface area (Å²) in [5, 5.41) is 15.4. The number of nitrogens with one attached hydrogen (secondary N) is 2. The van der Waals surface area contributed by atoms with Crippen LogP contribution in [0.3, 0.4) is 0 Å². The molecule has 0 aliphatic heterocycles. The van der Waals surface area contributed by atoms with Gasteiger partial charge in [0.1, 0.15) is 5.75 Å². The fraction of sp³-hybridized carbons (Fsp3) is 0.133. The molecule has 104 valence electrons. The number of hydrogen-bond donors (Lipinski definition) is 3. The van der Waals surface area contributed by atoms with E-state index in [2.05, 4.69) is 10.6 Å². The molecule has 0 radical (unpaired) electrons. The lowest BCUT2D eigenvalue weighted by Crippen LogP contribution is -2.20. The van der Waals surface area contributed by atoms with Crippen LogP contribution in [0, 0.1) is 13.8 Å². The zero-order chi connectivity index (χ0) is 14.7. The number of benzene rings is 2. The second-order valence-corrected chi connectivity index (χ2v) is 4.94. The van der Waals surface area contributed by atoms with E-state index in [1.54, 1.807) is 6.07 Å². The predicted molar refractivity (Wildman–Crippen MR) is 81.7 cm³/mol. The smallest absolute Gasteiger partial charge is 0.323 e. The number of amides is 2. The van der Waals surface area contributed by atoms with Crippen LogP contribution in [-0.4, -0.2) is 11.1 Å². The Morgan fingerprint density at radius 1 is 1.10 bits per heavy atom. The minimum Gasteiger partial charge on any atom is -0.506 e. The van der Waals surface area contributed by atoms with E-state index in [0.29, 0.717) is 5.02 Å². The highest BCUT2D eigenvalue weighted by Crippen LogP contribution is 2.27. The number of carbonyl (C=O) groups excluding carboxylic acids is 1. The first-order valence-corrected chi connectivity index (χ1v) is 6.48. The average molecular weight is 291 g/mol. The summed E-state index contributed by atoms with van der Waals surface area (Å²) in [6.07, 6.45) is 0. The average Bonchev–Trinajstić information content (AvgIpc) is 2.38. The van der Waals surface area contributed by atoms with Crippen LogP contribution in [0.5, 0.6) is 5.75 Å². The maximum Gasteiger partial charge on any atom is 0.323 e. The summed E-state index contributed by atoms with van der Waals surface area (Å²) < 4.78 is 0. The molecule has 0 fully saturated rings. The third-order valence-electron chi connectivity index (χ3n) is 2.93. The lowest BCUT2D eigenvalue weighted by Gasteiger charge is -2.13. The minimum atomic E-state index is -0.431. The molecule has 3 N–H and O–H groups in total. The molecule has 2 aromatic rings. The quantitative estimate of drug-likeness (QED) is 0.722. The maximum absolute atomic E-state index is 12.0. The van der Waals surface area contributed by atoms with Crippen LogP contribution >= 0.6 is 11.6 Å². The number of para-hydroxylation sites is 1. The van der Waals surface area contributed by atoms with E-state index in [4.69, 9.17) is 11.6 Å². The van der Waals surface area contributed by atoms with Crippen LogP contribution in [-0.2, 0) is 0 Å². The first kappa shape index (κ1) is 14.2. The molecule has 0 unspecified atom stereocenters. The van der Waals surface area contributed by atoms with Crippen LogP contribution < -0.4 is 10.6 Å². The molecule has 0 aliphatic rings. The van der Waals surface area contributed by atoms with E-state index >= 15 is 0 Å². The van der Waals surface area contributed by atoms with Crippen molar-refractivity contribution < 1.29 is 9.90 Å². The molecule has 2 amide bonds. The van der Waals surface area contributed by atoms with Crippen molar-refractivity contribution in [1.29, 1.82) is 0 Å². The molecule has 2 aromatic carbocycles. The molecular formula is C15H15ClN2O2. The highest BCUT2D eigenvalue weighted by molar-refractivity contribution is 6.31. The zero-order valence-electron chi connectivity index (χ0n) is 11.2. The minimum absolute atomic E-state index is 0.0361. The molecule has 0 saturated heterocycles. The van der Waals surface area contributed by atoms with Crippen LogP contribution in [0.1, 0.15) is 11.1 Å². The first-order chi connectivity index (χ1) is 9.47. The molecule has 5 heteroatoms. The predicted octanol–water partition coefficient (Wildman–Crippen LogP) is 4.31. The molecule has 20 heavy (non-hydrogen) atoms. The third kappa shape index (κ3) is 3.22. The first-order valence-electron chi connectivity index (χ1n) is 6.10.